The molecular formula is C69H85BrCl2MgN2O10Si2. The van der Waals surface area contributed by atoms with Crippen LogP contribution in [0.3, 0.4) is 0 Å². The number of ether oxygens (including phenoxy) is 4. The van der Waals surface area contributed by atoms with Gasteiger partial charge in [-0.2, -0.15) is 6.92 Å². The molecule has 0 bridgehead atoms. The van der Waals surface area contributed by atoms with E-state index in [4.69, 9.17) is 73.5 Å². The second-order valence-electron chi connectivity index (χ2n) is 22.2. The fourth-order valence-electron chi connectivity index (χ4n) is 9.90. The number of hydrogen-bond acceptors (Lipinski definition) is 12. The van der Waals surface area contributed by atoms with Crippen LogP contribution in [0, 0.1) is 31.6 Å². The number of nitrogens with zero attached hydrogens (tertiary/aromatic N) is 2. The maximum Gasteiger partial charge on any atom is 2.00 e. The molecule has 0 spiro atoms. The van der Waals surface area contributed by atoms with Gasteiger partial charge in [-0.05, 0) is 42.0 Å². The molecule has 0 unspecified atom stereocenters. The first-order valence-electron chi connectivity index (χ1n) is 28.6. The van der Waals surface area contributed by atoms with Gasteiger partial charge in [-0.15, -0.1) is 36.0 Å². The monoisotopic (exact) mass is 1330 g/mol. The van der Waals surface area contributed by atoms with Crippen LogP contribution in [0.5, 0.6) is 0 Å². The van der Waals surface area contributed by atoms with Gasteiger partial charge in [0.25, 0.3) is 16.6 Å². The molecule has 9 rings (SSSR count). The van der Waals surface area contributed by atoms with Crippen LogP contribution >= 0.6 is 23.2 Å². The van der Waals surface area contributed by atoms with E-state index in [-0.39, 0.29) is 81.9 Å². The molecular weight excluding hydrogens is 1250 g/mol. The summed E-state index contributed by atoms with van der Waals surface area (Å²) in [6.45, 7) is 21.6. The predicted octanol–water partition coefficient (Wildman–Crippen LogP) is 7.49. The quantitative estimate of drug-likeness (QED) is 0.0218. The Labute approximate surface area is 556 Å². The molecule has 3 aliphatic heterocycles. The number of benzene rings is 6. The van der Waals surface area contributed by atoms with Crippen molar-refractivity contribution in [3.63, 3.8) is 0 Å². The average Bonchev–Trinajstić information content (AvgIpc) is 1.35. The summed E-state index contributed by atoms with van der Waals surface area (Å²) < 4.78 is 36.2. The number of terminal acetylenes is 2. The molecule has 0 aliphatic carbocycles. The van der Waals surface area contributed by atoms with Crippen molar-refractivity contribution in [3.8, 4) is 24.7 Å². The Morgan fingerprint density at radius 3 is 1.26 bits per heavy atom. The summed E-state index contributed by atoms with van der Waals surface area (Å²) in [6.07, 6.45) is 9.22. The fourth-order valence-corrected chi connectivity index (χ4v) is 19.0. The van der Waals surface area contributed by atoms with Crippen LogP contribution in [0.25, 0.3) is 0 Å². The number of hydrogen-bond donors (Lipinski definition) is 2. The molecule has 1 fully saturated rings. The van der Waals surface area contributed by atoms with Crippen LogP contribution in [-0.2, 0) is 50.7 Å². The minimum absolute atomic E-state index is 0. The number of aliphatic hydroxyl groups is 2. The van der Waals surface area contributed by atoms with Gasteiger partial charge in [0.1, 0.15) is 35.8 Å². The summed E-state index contributed by atoms with van der Waals surface area (Å²) in [5.74, 6) is 5.05. The molecule has 12 nitrogen and oxygen atoms in total. The third-order valence-corrected chi connectivity index (χ3v) is 24.1. The SMILES string of the molecule is C#CC1=NO[C@H]([C@@H](CO[Si](c2ccccc2)(c2ccccc2)C(C)(C)C)OC[C@@H](O)COCc2ccccc2)C1.C#CC1=NO[C@H]([C@H](O)CO[Si](c2ccccc2)(c2ccccc2)C(C)(C)C)C1.ClCCl.[Br-].[CH2-]C.[Mg+2].c1ccc(COC[C@H]2CO2)cc1. The predicted molar refractivity (Wildman–Crippen MR) is 356 cm³/mol. The largest absolute Gasteiger partial charge is 2.00 e. The van der Waals surface area contributed by atoms with Gasteiger partial charge < -0.3 is 71.6 Å². The topological polar surface area (TPSA) is 142 Å². The van der Waals surface area contributed by atoms with Crippen molar-refractivity contribution < 1.29 is 64.7 Å². The second-order valence-corrected chi connectivity index (χ2v) is 31.6. The van der Waals surface area contributed by atoms with Gasteiger partial charge in [0, 0.05) is 12.8 Å². The smallest absolute Gasteiger partial charge is 1.00 e. The standard InChI is InChI=1S/C33H39NO5Si.C23H27NO3Si.C10H12O2.C2H5.CH2Cl2.BrH.Mg/c1-5-27-21-31(39-34-27)32(37-24-28(35)23-36-22-26-15-9-6-10-16-26)25-38-40(33(2,3)4,29-17-11-7-12-18-29)30-19-13-8-14-20-30;1-5-18-16-22(27-24-18)21(25)17-26-28(23(2,3)4,19-12-8-6-9-13-19)20-14-10-7-11-15-20;1-2-4-9(5-3-1)6-11-7-10-8-12-10;1-2;2-1-3;;/h1,6-20,28,31-32,35H,21-25H2,2-4H3;1,6-15,21-22,25H,16-17H2,2-4H3;1-5,10H,6-8H2;1H2,2H3;1H2;1H;/q;;;-1;;;+2/p-1/t28-,31-,32+;21-,22+;10-;;;;/m010..../s1. The Bertz CT molecular complexity index is 2880. The number of oxime groups is 2. The third kappa shape index (κ3) is 23.6. The first-order valence-corrected chi connectivity index (χ1v) is 33.5. The van der Waals surface area contributed by atoms with Crippen molar-refractivity contribution in [2.24, 2.45) is 10.3 Å². The number of alkyl halides is 2. The molecule has 1 saturated heterocycles. The summed E-state index contributed by atoms with van der Waals surface area (Å²) in [7, 11) is -5.49. The van der Waals surface area contributed by atoms with E-state index >= 15 is 0 Å². The molecule has 3 heterocycles. The third-order valence-electron chi connectivity index (χ3n) is 14.1. The molecule has 0 amide bonds. The molecule has 0 radical (unpaired) electrons. The van der Waals surface area contributed by atoms with Gasteiger partial charge in [0.15, 0.2) is 12.2 Å². The van der Waals surface area contributed by atoms with Crippen molar-refractivity contribution in [1.29, 1.82) is 0 Å². The van der Waals surface area contributed by atoms with Gasteiger partial charge in [-0.3, -0.25) is 0 Å². The zero-order chi connectivity index (χ0) is 61.6. The first kappa shape index (κ1) is 76.6. The Morgan fingerprint density at radius 2 is 0.908 bits per heavy atom. The Morgan fingerprint density at radius 1 is 0.563 bits per heavy atom. The molecule has 6 aromatic rings. The van der Waals surface area contributed by atoms with Crippen LogP contribution in [0.1, 0.15) is 72.4 Å². The number of epoxide rings is 1. The van der Waals surface area contributed by atoms with E-state index in [1.807, 2.05) is 97.1 Å². The van der Waals surface area contributed by atoms with E-state index in [9.17, 15) is 10.2 Å². The number of halogens is 3. The van der Waals surface area contributed by atoms with E-state index in [2.05, 4.69) is 156 Å². The summed E-state index contributed by atoms with van der Waals surface area (Å²) >= 11 is 9.53. The first-order chi connectivity index (χ1) is 41.1. The summed E-state index contributed by atoms with van der Waals surface area (Å²) in [5, 5.41) is 33.8. The van der Waals surface area contributed by atoms with Gasteiger partial charge in [0.2, 0.25) is 0 Å². The number of aliphatic hydroxyl groups excluding tert-OH is 2. The van der Waals surface area contributed by atoms with E-state index in [0.717, 1.165) is 18.8 Å². The second kappa shape index (κ2) is 40.1. The average molecular weight is 1330 g/mol. The van der Waals surface area contributed by atoms with Gasteiger partial charge in [-0.1, -0.05) is 246 Å². The molecule has 2 N–H and O–H groups in total. The van der Waals surface area contributed by atoms with Crippen LogP contribution in [-0.4, -0.2) is 143 Å². The molecule has 0 saturated carbocycles. The molecule has 3 aliphatic rings. The van der Waals surface area contributed by atoms with Crippen LogP contribution in [0.15, 0.2) is 192 Å². The zero-order valence-electron chi connectivity index (χ0n) is 51.3. The number of rotatable bonds is 23. The minimum Gasteiger partial charge on any atom is -1.00 e. The van der Waals surface area contributed by atoms with Crippen LogP contribution in [0.4, 0.5) is 0 Å². The van der Waals surface area contributed by atoms with Gasteiger partial charge >= 0.3 is 23.1 Å². The zero-order valence-corrected chi connectivity index (χ0v) is 57.8. The Hall–Kier alpha value is -4.68. The Balaban J connectivity index is 0.000000363. The van der Waals surface area contributed by atoms with E-state index in [1.54, 1.807) is 6.92 Å². The van der Waals surface area contributed by atoms with E-state index < -0.39 is 47.2 Å². The molecule has 18 heteroatoms. The molecule has 87 heavy (non-hydrogen) atoms. The van der Waals surface area contributed by atoms with Crippen molar-refractivity contribution in [3.05, 3.63) is 200 Å². The van der Waals surface area contributed by atoms with Crippen LogP contribution < -0.4 is 37.7 Å². The van der Waals surface area contributed by atoms with Gasteiger partial charge in [0.05, 0.1) is 58.2 Å². The molecule has 6 aromatic carbocycles. The van der Waals surface area contributed by atoms with Crippen molar-refractivity contribution in [2.45, 2.75) is 121 Å². The van der Waals surface area contributed by atoms with E-state index in [0.29, 0.717) is 43.6 Å². The van der Waals surface area contributed by atoms with E-state index in [1.165, 1.54) is 26.3 Å². The molecule has 0 aromatic heterocycles. The maximum atomic E-state index is 10.7. The molecule has 462 valence electrons. The Kier molecular flexibility index (Phi) is 35.3. The minimum atomic E-state index is -2.80. The summed E-state index contributed by atoms with van der Waals surface area (Å²) in [4.78, 5) is 11.0. The normalized spacial score (nSPS) is 16.8. The molecule has 6 atom stereocenters. The fraction of sp³-hybridized carbons (Fsp3) is 0.377. The van der Waals surface area contributed by atoms with Crippen molar-refractivity contribution in [1.82, 2.24) is 0 Å². The van der Waals surface area contributed by atoms with Crippen molar-refractivity contribution >= 4 is 95.1 Å². The summed E-state index contributed by atoms with van der Waals surface area (Å²) in [5.41, 5.74) is 3.33. The van der Waals surface area contributed by atoms with Crippen molar-refractivity contribution in [2.75, 3.05) is 45.0 Å². The van der Waals surface area contributed by atoms with Crippen LogP contribution in [0.2, 0.25) is 10.1 Å². The summed E-state index contributed by atoms with van der Waals surface area (Å²) in [6, 6.07) is 61.6. The maximum absolute atomic E-state index is 10.7. The van der Waals surface area contributed by atoms with Gasteiger partial charge in [-0.25, -0.2) is 0 Å².